The van der Waals surface area contributed by atoms with E-state index in [4.69, 9.17) is 9.84 Å². The Bertz CT molecular complexity index is 826. The molecule has 1 aliphatic carbocycles. The second-order valence-corrected chi connectivity index (χ2v) is 6.49. The van der Waals surface area contributed by atoms with Crippen molar-refractivity contribution < 1.29 is 19.4 Å². The van der Waals surface area contributed by atoms with Gasteiger partial charge in [0.25, 0.3) is 0 Å². The molecule has 1 saturated carbocycles. The predicted molar refractivity (Wildman–Crippen MR) is 87.7 cm³/mol. The van der Waals surface area contributed by atoms with Crippen molar-refractivity contribution in [2.45, 2.75) is 32.6 Å². The molecule has 9 nitrogen and oxygen atoms in total. The van der Waals surface area contributed by atoms with Crippen molar-refractivity contribution in [2.75, 3.05) is 12.4 Å². The standard InChI is InChI=1S/C16H19N5O4/c1-16(2,15(23)24)14(22)17-10-6-7-12(25-3)11(8-10)21-13(9-4-5-9)18-19-20-21/h6-9H,4-5H2,1-3H3,(H,17,22)(H,23,24). The topological polar surface area (TPSA) is 119 Å². The van der Waals surface area contributed by atoms with E-state index >= 15 is 0 Å². The van der Waals surface area contributed by atoms with E-state index in [9.17, 15) is 9.59 Å². The summed E-state index contributed by atoms with van der Waals surface area (Å²) in [5.74, 6) is -0.202. The first kappa shape index (κ1) is 16.9. The number of tetrazole rings is 1. The lowest BCUT2D eigenvalue weighted by Gasteiger charge is -2.19. The Kier molecular flexibility index (Phi) is 4.15. The van der Waals surface area contributed by atoms with Gasteiger partial charge in [0.2, 0.25) is 5.91 Å². The van der Waals surface area contributed by atoms with E-state index in [0.717, 1.165) is 18.7 Å². The third-order valence-corrected chi connectivity index (χ3v) is 4.20. The minimum atomic E-state index is -1.55. The van der Waals surface area contributed by atoms with Crippen LogP contribution in [0.2, 0.25) is 0 Å². The number of hydrogen-bond acceptors (Lipinski definition) is 6. The van der Waals surface area contributed by atoms with E-state index in [0.29, 0.717) is 23.0 Å². The van der Waals surface area contributed by atoms with Crippen LogP contribution < -0.4 is 10.1 Å². The van der Waals surface area contributed by atoms with E-state index in [-0.39, 0.29) is 0 Å². The second-order valence-electron chi connectivity index (χ2n) is 6.49. The molecule has 2 aromatic rings. The van der Waals surface area contributed by atoms with E-state index in [1.807, 2.05) is 0 Å². The number of rotatable bonds is 6. The Morgan fingerprint density at radius 2 is 2.08 bits per heavy atom. The zero-order valence-electron chi connectivity index (χ0n) is 14.2. The average molecular weight is 345 g/mol. The number of hydrogen-bond donors (Lipinski definition) is 2. The first-order valence-electron chi connectivity index (χ1n) is 7.86. The molecule has 132 valence electrons. The molecule has 9 heteroatoms. The highest BCUT2D eigenvalue weighted by molar-refractivity contribution is 6.07. The third-order valence-electron chi connectivity index (χ3n) is 4.20. The SMILES string of the molecule is COc1ccc(NC(=O)C(C)(C)C(=O)O)cc1-n1nnnc1C1CC1. The summed E-state index contributed by atoms with van der Waals surface area (Å²) in [4.78, 5) is 23.5. The van der Waals surface area contributed by atoms with Crippen molar-refractivity contribution in [3.05, 3.63) is 24.0 Å². The van der Waals surface area contributed by atoms with Crippen LogP contribution in [0.1, 0.15) is 38.4 Å². The maximum absolute atomic E-state index is 12.2. The summed E-state index contributed by atoms with van der Waals surface area (Å²) >= 11 is 0. The quantitative estimate of drug-likeness (QED) is 0.763. The smallest absolute Gasteiger partial charge is 0.318 e. The summed E-state index contributed by atoms with van der Waals surface area (Å²) in [5.41, 5.74) is -0.527. The lowest BCUT2D eigenvalue weighted by Crippen LogP contribution is -2.37. The summed E-state index contributed by atoms with van der Waals surface area (Å²) in [7, 11) is 1.53. The average Bonchev–Trinajstić information content (AvgIpc) is 3.31. The third kappa shape index (κ3) is 3.17. The number of ether oxygens (including phenoxy) is 1. The van der Waals surface area contributed by atoms with Gasteiger partial charge in [0.1, 0.15) is 16.9 Å². The second kappa shape index (κ2) is 6.15. The Morgan fingerprint density at radius 3 is 2.68 bits per heavy atom. The van der Waals surface area contributed by atoms with E-state index in [1.165, 1.54) is 21.0 Å². The number of carboxylic acid groups (broad SMARTS) is 1. The zero-order chi connectivity index (χ0) is 18.2. The number of carbonyl (C=O) groups is 2. The Labute approximate surface area is 144 Å². The van der Waals surface area contributed by atoms with Crippen molar-refractivity contribution in [1.82, 2.24) is 20.2 Å². The maximum Gasteiger partial charge on any atom is 0.318 e. The fourth-order valence-corrected chi connectivity index (χ4v) is 2.28. The number of carbonyl (C=O) groups excluding carboxylic acids is 1. The number of nitrogens with zero attached hydrogens (tertiary/aromatic N) is 4. The van der Waals surface area contributed by atoms with Crippen LogP contribution in [0.3, 0.4) is 0 Å². The summed E-state index contributed by atoms with van der Waals surface area (Å²) in [6.07, 6.45) is 2.07. The molecule has 0 radical (unpaired) electrons. The van der Waals surface area contributed by atoms with Gasteiger partial charge in [0, 0.05) is 11.6 Å². The molecule has 0 bridgehead atoms. The molecule has 0 aliphatic heterocycles. The Hall–Kier alpha value is -2.97. The molecule has 1 aromatic heterocycles. The molecule has 1 aromatic carbocycles. The largest absolute Gasteiger partial charge is 0.494 e. The van der Waals surface area contributed by atoms with Crippen LogP contribution in [0.25, 0.3) is 5.69 Å². The van der Waals surface area contributed by atoms with E-state index < -0.39 is 17.3 Å². The van der Waals surface area contributed by atoms with Gasteiger partial charge >= 0.3 is 5.97 Å². The van der Waals surface area contributed by atoms with Crippen molar-refractivity contribution in [2.24, 2.45) is 5.41 Å². The van der Waals surface area contributed by atoms with Crippen LogP contribution in [-0.2, 0) is 9.59 Å². The predicted octanol–water partition coefficient (Wildman–Crippen LogP) is 1.60. The highest BCUT2D eigenvalue weighted by atomic mass is 16.5. The number of aliphatic carboxylic acids is 1. The van der Waals surface area contributed by atoms with Crippen LogP contribution in [0.15, 0.2) is 18.2 Å². The summed E-state index contributed by atoms with van der Waals surface area (Å²) < 4.78 is 6.96. The molecule has 0 unspecified atom stereocenters. The van der Waals surface area contributed by atoms with Crippen molar-refractivity contribution >= 4 is 17.6 Å². The summed E-state index contributed by atoms with van der Waals surface area (Å²) in [6.45, 7) is 2.70. The van der Waals surface area contributed by atoms with Gasteiger partial charge in [-0.1, -0.05) is 0 Å². The minimum Gasteiger partial charge on any atom is -0.494 e. The van der Waals surface area contributed by atoms with Crippen molar-refractivity contribution in [3.63, 3.8) is 0 Å². The first-order chi connectivity index (χ1) is 11.8. The molecule has 0 saturated heterocycles. The van der Waals surface area contributed by atoms with E-state index in [2.05, 4.69) is 20.8 Å². The van der Waals surface area contributed by atoms with Crippen LogP contribution >= 0.6 is 0 Å². The molecule has 3 rings (SSSR count). The molecular formula is C16H19N5O4. The van der Waals surface area contributed by atoms with Gasteiger partial charge in [-0.15, -0.1) is 5.10 Å². The first-order valence-corrected chi connectivity index (χ1v) is 7.86. The molecular weight excluding hydrogens is 326 g/mol. The van der Waals surface area contributed by atoms with Crippen LogP contribution in [0.5, 0.6) is 5.75 Å². The number of benzene rings is 1. The van der Waals surface area contributed by atoms with Gasteiger partial charge in [-0.25, -0.2) is 0 Å². The summed E-state index contributed by atoms with van der Waals surface area (Å²) in [5, 5.41) is 23.6. The van der Waals surface area contributed by atoms with Gasteiger partial charge in [-0.2, -0.15) is 4.68 Å². The zero-order valence-corrected chi connectivity index (χ0v) is 14.2. The van der Waals surface area contributed by atoms with Crippen LogP contribution in [-0.4, -0.2) is 44.3 Å². The van der Waals surface area contributed by atoms with Crippen molar-refractivity contribution in [3.8, 4) is 11.4 Å². The van der Waals surface area contributed by atoms with Gasteiger partial charge < -0.3 is 15.2 Å². The number of methoxy groups -OCH3 is 1. The van der Waals surface area contributed by atoms with Gasteiger partial charge in [0.15, 0.2) is 5.82 Å². The van der Waals surface area contributed by atoms with Crippen LogP contribution in [0.4, 0.5) is 5.69 Å². The number of amides is 1. The fraction of sp³-hybridized carbons (Fsp3) is 0.438. The molecule has 1 aliphatic rings. The molecule has 1 amide bonds. The fourth-order valence-electron chi connectivity index (χ4n) is 2.28. The number of carboxylic acids is 1. The number of aromatic nitrogens is 4. The maximum atomic E-state index is 12.2. The molecule has 1 heterocycles. The molecule has 0 atom stereocenters. The molecule has 0 spiro atoms. The van der Waals surface area contributed by atoms with Crippen molar-refractivity contribution in [1.29, 1.82) is 0 Å². The highest BCUT2D eigenvalue weighted by Gasteiger charge is 2.36. The highest BCUT2D eigenvalue weighted by Crippen LogP contribution is 2.40. The molecule has 1 fully saturated rings. The lowest BCUT2D eigenvalue weighted by atomic mass is 9.92. The Balaban J connectivity index is 1.94. The molecule has 25 heavy (non-hydrogen) atoms. The Morgan fingerprint density at radius 1 is 1.36 bits per heavy atom. The number of nitrogens with one attached hydrogen (secondary N) is 1. The van der Waals surface area contributed by atoms with Gasteiger partial charge in [-0.3, -0.25) is 9.59 Å². The van der Waals surface area contributed by atoms with Gasteiger partial charge in [0.05, 0.1) is 7.11 Å². The van der Waals surface area contributed by atoms with Crippen LogP contribution in [0, 0.1) is 5.41 Å². The normalized spacial score (nSPS) is 14.2. The minimum absolute atomic E-state index is 0.323. The summed E-state index contributed by atoms with van der Waals surface area (Å²) in [6, 6.07) is 4.98. The lowest BCUT2D eigenvalue weighted by molar-refractivity contribution is -0.151. The molecule has 2 N–H and O–H groups in total. The van der Waals surface area contributed by atoms with Gasteiger partial charge in [-0.05, 0) is 55.3 Å². The van der Waals surface area contributed by atoms with E-state index in [1.54, 1.807) is 22.9 Å². The number of anilines is 1. The monoisotopic (exact) mass is 345 g/mol.